The maximum Gasteiger partial charge on any atom is 0.115 e. The summed E-state index contributed by atoms with van der Waals surface area (Å²) in [4.78, 5) is 0. The molecule has 1 N–H and O–H groups in total. The summed E-state index contributed by atoms with van der Waals surface area (Å²) in [6.07, 6.45) is 20.0. The highest BCUT2D eigenvalue weighted by atomic mass is 19.1. The van der Waals surface area contributed by atoms with Crippen LogP contribution in [0.25, 0.3) is 0 Å². The van der Waals surface area contributed by atoms with Crippen molar-refractivity contribution in [2.45, 2.75) is 116 Å². The summed E-state index contributed by atoms with van der Waals surface area (Å²) in [6, 6.07) is 0. The number of aliphatic hydroxyl groups is 1. The van der Waals surface area contributed by atoms with E-state index in [0.717, 1.165) is 12.8 Å². The van der Waals surface area contributed by atoms with Crippen molar-refractivity contribution in [3.8, 4) is 0 Å². The largest absolute Gasteiger partial charge is 0.390 e. The maximum absolute atomic E-state index is 12.0. The topological polar surface area (TPSA) is 20.2 Å². The molecule has 0 amide bonds. The van der Waals surface area contributed by atoms with Gasteiger partial charge in [0, 0.05) is 0 Å². The van der Waals surface area contributed by atoms with Gasteiger partial charge in [-0.15, -0.1) is 0 Å². The Morgan fingerprint density at radius 1 is 0.619 bits per heavy atom. The van der Waals surface area contributed by atoms with Gasteiger partial charge in [0.15, 0.2) is 0 Å². The van der Waals surface area contributed by atoms with Crippen molar-refractivity contribution in [2.24, 2.45) is 0 Å². The molecule has 0 aliphatic carbocycles. The normalized spacial score (nSPS) is 12.7. The van der Waals surface area contributed by atoms with Crippen molar-refractivity contribution in [1.82, 2.24) is 0 Å². The van der Waals surface area contributed by atoms with Crippen molar-refractivity contribution in [3.05, 3.63) is 0 Å². The zero-order valence-corrected chi connectivity index (χ0v) is 14.4. The quantitative estimate of drug-likeness (QED) is 0.301. The van der Waals surface area contributed by atoms with E-state index in [1.165, 1.54) is 83.5 Å². The Labute approximate surface area is 132 Å². The molecule has 0 aliphatic heterocycles. The van der Waals surface area contributed by atoms with E-state index in [0.29, 0.717) is 6.42 Å². The molecule has 1 atom stereocenters. The van der Waals surface area contributed by atoms with E-state index in [1.807, 2.05) is 0 Å². The Hall–Kier alpha value is -0.110. The lowest BCUT2D eigenvalue weighted by molar-refractivity contribution is 0.128. The molecule has 0 saturated carbocycles. The second-order valence-electron chi connectivity index (χ2n) is 6.55. The third-order valence-electron chi connectivity index (χ3n) is 4.32. The van der Waals surface area contributed by atoms with Gasteiger partial charge >= 0.3 is 0 Å². The first-order chi connectivity index (χ1) is 10.3. The molecule has 0 radical (unpaired) electrons. The molecular formula is C19H39FO. The number of alkyl halides is 1. The highest BCUT2D eigenvalue weighted by molar-refractivity contribution is 4.54. The van der Waals surface area contributed by atoms with Crippen molar-refractivity contribution < 1.29 is 9.50 Å². The van der Waals surface area contributed by atoms with Crippen LogP contribution < -0.4 is 0 Å². The predicted octanol–water partition coefficient (Wildman–Crippen LogP) is 6.58. The van der Waals surface area contributed by atoms with Crippen molar-refractivity contribution in [3.63, 3.8) is 0 Å². The summed E-state index contributed by atoms with van der Waals surface area (Å²) in [7, 11) is 0. The fraction of sp³-hybridized carbons (Fsp3) is 1.00. The van der Waals surface area contributed by atoms with Gasteiger partial charge in [0.25, 0.3) is 0 Å². The van der Waals surface area contributed by atoms with E-state index < -0.39 is 12.8 Å². The number of unbranched alkanes of at least 4 members (excludes halogenated alkanes) is 14. The molecule has 1 unspecified atom stereocenters. The number of aliphatic hydroxyl groups excluding tert-OH is 1. The molecule has 21 heavy (non-hydrogen) atoms. The minimum atomic E-state index is -0.716. The second kappa shape index (κ2) is 17.9. The molecule has 1 nitrogen and oxygen atoms in total. The molecule has 0 aromatic carbocycles. The molecular weight excluding hydrogens is 263 g/mol. The van der Waals surface area contributed by atoms with Crippen LogP contribution in [0.1, 0.15) is 110 Å². The molecule has 0 rings (SSSR count). The molecule has 128 valence electrons. The van der Waals surface area contributed by atoms with Crippen LogP contribution in [0.15, 0.2) is 0 Å². The predicted molar refractivity (Wildman–Crippen MR) is 91.5 cm³/mol. The summed E-state index contributed by atoms with van der Waals surface area (Å²) < 4.78 is 12.0. The first-order valence-electron chi connectivity index (χ1n) is 9.55. The number of rotatable bonds is 17. The van der Waals surface area contributed by atoms with Crippen LogP contribution in [0, 0.1) is 0 Å². The standard InChI is InChI=1S/C19H39FO/c1-2-3-4-5-6-7-8-9-10-11-12-13-14-15-16-17-19(21)18-20/h19,21H,2-18H2,1H3. The molecule has 0 aromatic rings. The number of halogens is 1. The summed E-state index contributed by atoms with van der Waals surface area (Å²) in [5, 5.41) is 9.09. The van der Waals surface area contributed by atoms with Crippen LogP contribution in [-0.2, 0) is 0 Å². The Morgan fingerprint density at radius 3 is 1.29 bits per heavy atom. The van der Waals surface area contributed by atoms with Gasteiger partial charge in [0.2, 0.25) is 0 Å². The van der Waals surface area contributed by atoms with E-state index in [4.69, 9.17) is 5.11 Å². The second-order valence-corrected chi connectivity index (χ2v) is 6.55. The SMILES string of the molecule is CCCCCCCCCCCCCCCCCC(O)CF. The first kappa shape index (κ1) is 20.9. The molecule has 0 bridgehead atoms. The van der Waals surface area contributed by atoms with E-state index in [2.05, 4.69) is 6.92 Å². The van der Waals surface area contributed by atoms with Crippen LogP contribution >= 0.6 is 0 Å². The molecule has 2 heteroatoms. The Morgan fingerprint density at radius 2 is 0.952 bits per heavy atom. The minimum Gasteiger partial charge on any atom is -0.390 e. The number of hydrogen-bond acceptors (Lipinski definition) is 1. The average molecular weight is 303 g/mol. The average Bonchev–Trinajstić information content (AvgIpc) is 2.50. The zero-order chi connectivity index (χ0) is 15.6. The van der Waals surface area contributed by atoms with Gasteiger partial charge in [-0.3, -0.25) is 0 Å². The zero-order valence-electron chi connectivity index (χ0n) is 14.4. The first-order valence-corrected chi connectivity index (χ1v) is 9.55. The van der Waals surface area contributed by atoms with Crippen molar-refractivity contribution in [1.29, 1.82) is 0 Å². The van der Waals surface area contributed by atoms with Crippen LogP contribution in [0.4, 0.5) is 4.39 Å². The van der Waals surface area contributed by atoms with Crippen LogP contribution in [0.3, 0.4) is 0 Å². The van der Waals surface area contributed by atoms with Gasteiger partial charge in [0.1, 0.15) is 6.67 Å². The molecule has 0 heterocycles. The van der Waals surface area contributed by atoms with E-state index in [1.54, 1.807) is 0 Å². The summed E-state index contributed by atoms with van der Waals surface area (Å²) in [5.41, 5.74) is 0. The molecule has 0 spiro atoms. The van der Waals surface area contributed by atoms with Crippen LogP contribution in [0.2, 0.25) is 0 Å². The molecule has 0 aromatic heterocycles. The fourth-order valence-electron chi connectivity index (χ4n) is 2.83. The van der Waals surface area contributed by atoms with Gasteiger partial charge in [0.05, 0.1) is 6.10 Å². The van der Waals surface area contributed by atoms with Crippen LogP contribution in [0.5, 0.6) is 0 Å². The number of hydrogen-bond donors (Lipinski definition) is 1. The highest BCUT2D eigenvalue weighted by Crippen LogP contribution is 2.14. The fourth-order valence-corrected chi connectivity index (χ4v) is 2.83. The van der Waals surface area contributed by atoms with E-state index in [9.17, 15) is 4.39 Å². The Bertz CT molecular complexity index is 184. The van der Waals surface area contributed by atoms with Crippen molar-refractivity contribution in [2.75, 3.05) is 6.67 Å². The van der Waals surface area contributed by atoms with E-state index in [-0.39, 0.29) is 0 Å². The summed E-state index contributed by atoms with van der Waals surface area (Å²) >= 11 is 0. The van der Waals surface area contributed by atoms with Gasteiger partial charge in [-0.25, -0.2) is 4.39 Å². The molecule has 0 aliphatic rings. The third-order valence-corrected chi connectivity index (χ3v) is 4.32. The summed E-state index contributed by atoms with van der Waals surface area (Å²) in [5.74, 6) is 0. The minimum absolute atomic E-state index is 0.585. The van der Waals surface area contributed by atoms with Crippen molar-refractivity contribution >= 4 is 0 Å². The summed E-state index contributed by atoms with van der Waals surface area (Å²) in [6.45, 7) is 1.69. The lowest BCUT2D eigenvalue weighted by Gasteiger charge is -2.05. The van der Waals surface area contributed by atoms with Gasteiger partial charge in [-0.2, -0.15) is 0 Å². The van der Waals surface area contributed by atoms with Gasteiger partial charge in [-0.1, -0.05) is 103 Å². The van der Waals surface area contributed by atoms with Gasteiger partial charge < -0.3 is 5.11 Å². The maximum atomic E-state index is 12.0. The molecule has 0 fully saturated rings. The highest BCUT2D eigenvalue weighted by Gasteiger charge is 2.01. The van der Waals surface area contributed by atoms with Crippen LogP contribution in [-0.4, -0.2) is 17.9 Å². The van der Waals surface area contributed by atoms with Gasteiger partial charge in [-0.05, 0) is 6.42 Å². The Kier molecular flexibility index (Phi) is 17.8. The lowest BCUT2D eigenvalue weighted by Crippen LogP contribution is -2.07. The van der Waals surface area contributed by atoms with E-state index >= 15 is 0 Å². The monoisotopic (exact) mass is 302 g/mol. The smallest absolute Gasteiger partial charge is 0.115 e. The lowest BCUT2D eigenvalue weighted by atomic mass is 10.0. The third kappa shape index (κ3) is 17.8. The molecule has 0 saturated heterocycles. The Balaban J connectivity index is 2.96.